The molecule has 0 radical (unpaired) electrons. The zero-order valence-electron chi connectivity index (χ0n) is 36.5. The van der Waals surface area contributed by atoms with Crippen molar-refractivity contribution in [1.82, 2.24) is 19.9 Å². The number of halogens is 17. The fourth-order valence-electron chi connectivity index (χ4n) is 8.57. The standard InChI is InChI=1S/C51H15Cl2F15N6O2/c52-32-33(53)51(76)49(15(13-69)50(32)75)74-16-4-2-1-3-14(16)25-17-5-7-19(70-17)26(29-34(54)40(60)46(66)41(61)35(29)55)21-9-11-23(72-21)28(31-38(58)44(64)48(68)45(65)39(31)59)24-12-10-22(73-24)27(20-8-6-18(25)71-20)30-36(56)42(62)47(67)43(63)37(30)57/h1-12,70,73-74H. The number of carbonyl (C=O) groups is 2. The molecule has 2 aliphatic heterocycles. The molecule has 0 fully saturated rings. The molecule has 76 heavy (non-hydrogen) atoms. The van der Waals surface area contributed by atoms with Crippen LogP contribution in [0.5, 0.6) is 0 Å². The van der Waals surface area contributed by atoms with E-state index in [4.69, 9.17) is 23.2 Å². The molecule has 0 saturated carbocycles. The first-order chi connectivity index (χ1) is 36.1. The Morgan fingerprint density at radius 1 is 0.408 bits per heavy atom. The van der Waals surface area contributed by atoms with Gasteiger partial charge in [0.1, 0.15) is 27.4 Å². The summed E-state index contributed by atoms with van der Waals surface area (Å²) in [6.45, 7) is 0. The Labute approximate surface area is 422 Å². The maximum atomic E-state index is 16.1. The third-order valence-corrected chi connectivity index (χ3v) is 12.8. The number of Topliss-reactive ketones (excluding diaryl/α,β-unsaturated/α-hetero) is 2. The zero-order chi connectivity index (χ0) is 54.7. The Kier molecular flexibility index (Phi) is 12.3. The molecule has 0 saturated heterocycles. The fraction of sp³-hybridized carbons (Fsp3) is 0. The lowest BCUT2D eigenvalue weighted by Gasteiger charge is -2.19. The van der Waals surface area contributed by atoms with E-state index in [2.05, 4.69) is 25.3 Å². The van der Waals surface area contributed by atoms with Crippen molar-refractivity contribution in [3.63, 3.8) is 0 Å². The van der Waals surface area contributed by atoms with Gasteiger partial charge in [-0.05, 0) is 54.6 Å². The van der Waals surface area contributed by atoms with Crippen LogP contribution < -0.4 is 5.32 Å². The number of benzene rings is 4. The van der Waals surface area contributed by atoms with Crippen LogP contribution in [-0.2, 0) is 9.59 Å². The number of hydrogen-bond donors (Lipinski definition) is 3. The Hall–Kier alpha value is -8.88. The number of aromatic nitrogens is 4. The summed E-state index contributed by atoms with van der Waals surface area (Å²) in [5.74, 6) is -40.3. The second-order valence-corrected chi connectivity index (χ2v) is 16.9. The molecular weight excluding hydrogens is 1080 g/mol. The minimum absolute atomic E-state index is 0.156. The molecule has 8 nitrogen and oxygen atoms in total. The van der Waals surface area contributed by atoms with Crippen LogP contribution in [0, 0.1) is 98.6 Å². The second-order valence-electron chi connectivity index (χ2n) is 16.2. The van der Waals surface area contributed by atoms with Gasteiger partial charge in [-0.15, -0.1) is 0 Å². The number of allylic oxidation sites excluding steroid dienone is 3. The number of H-pyrrole nitrogens is 2. The number of ketones is 2. The minimum atomic E-state index is -2.66. The average Bonchev–Trinajstić information content (AvgIpc) is 4.28. The Bertz CT molecular complexity index is 4100. The van der Waals surface area contributed by atoms with E-state index in [1.807, 2.05) is 0 Å². The summed E-state index contributed by atoms with van der Waals surface area (Å²) in [7, 11) is 0. The van der Waals surface area contributed by atoms with Gasteiger partial charge in [0.05, 0.1) is 39.5 Å². The van der Waals surface area contributed by atoms with Gasteiger partial charge >= 0.3 is 0 Å². The number of carbonyl (C=O) groups excluding carboxylic acids is 2. The number of rotatable bonds is 6. The number of fused-ring (bicyclic) bond motifs is 8. The minimum Gasteiger partial charge on any atom is -0.354 e. The zero-order valence-corrected chi connectivity index (χ0v) is 38.0. The Morgan fingerprint density at radius 3 is 1.07 bits per heavy atom. The molecule has 1 aliphatic carbocycles. The number of nitrogens with zero attached hydrogens (tertiary/aromatic N) is 3. The lowest BCUT2D eigenvalue weighted by Crippen LogP contribution is -2.24. The van der Waals surface area contributed by atoms with Crippen molar-refractivity contribution in [3.05, 3.63) is 180 Å². The molecule has 5 heterocycles. The van der Waals surface area contributed by atoms with Crippen molar-refractivity contribution in [2.75, 3.05) is 5.32 Å². The van der Waals surface area contributed by atoms with E-state index < -0.39 is 193 Å². The van der Waals surface area contributed by atoms with Crippen molar-refractivity contribution >= 4 is 86.8 Å². The van der Waals surface area contributed by atoms with Gasteiger partial charge < -0.3 is 15.3 Å². The normalized spacial score (nSPS) is 13.4. The van der Waals surface area contributed by atoms with Crippen LogP contribution in [0.3, 0.4) is 0 Å². The van der Waals surface area contributed by atoms with Crippen LogP contribution in [-0.4, -0.2) is 31.5 Å². The van der Waals surface area contributed by atoms with E-state index in [0.29, 0.717) is 0 Å². The van der Waals surface area contributed by atoms with Gasteiger partial charge in [0.15, 0.2) is 69.8 Å². The van der Waals surface area contributed by atoms with E-state index in [-0.39, 0.29) is 22.3 Å². The Morgan fingerprint density at radius 2 is 0.711 bits per heavy atom. The third kappa shape index (κ3) is 7.57. The molecule has 0 atom stereocenters. The second kappa shape index (κ2) is 18.5. The predicted octanol–water partition coefficient (Wildman–Crippen LogP) is 14.4. The van der Waals surface area contributed by atoms with E-state index in [1.54, 1.807) is 6.07 Å². The van der Waals surface area contributed by atoms with Gasteiger partial charge in [-0.1, -0.05) is 41.4 Å². The highest BCUT2D eigenvalue weighted by atomic mass is 35.5. The molecule has 8 bridgehead atoms. The van der Waals surface area contributed by atoms with Gasteiger partial charge in [0, 0.05) is 55.6 Å². The number of anilines is 1. The first-order valence-corrected chi connectivity index (χ1v) is 21.7. The quantitative estimate of drug-likeness (QED) is 0.0659. The van der Waals surface area contributed by atoms with Crippen molar-refractivity contribution < 1.29 is 75.4 Å². The number of nitrogens with one attached hydrogen (secondary N) is 3. The highest BCUT2D eigenvalue weighted by Gasteiger charge is 2.36. The summed E-state index contributed by atoms with van der Waals surface area (Å²) in [4.78, 5) is 40.2. The van der Waals surface area contributed by atoms with Crippen LogP contribution in [0.1, 0.15) is 22.8 Å². The van der Waals surface area contributed by atoms with Crippen molar-refractivity contribution in [3.8, 4) is 50.6 Å². The molecule has 10 rings (SSSR count). The summed E-state index contributed by atoms with van der Waals surface area (Å²) in [5.41, 5.74) is -16.1. The monoisotopic (exact) mass is 1100 g/mol. The lowest BCUT2D eigenvalue weighted by atomic mass is 9.98. The number of hydrogen-bond acceptors (Lipinski definition) is 6. The van der Waals surface area contributed by atoms with Crippen molar-refractivity contribution in [2.24, 2.45) is 0 Å². The molecule has 3 aliphatic rings. The van der Waals surface area contributed by atoms with Crippen LogP contribution in [0.25, 0.3) is 90.9 Å². The topological polar surface area (TPSA) is 127 Å². The number of nitriles is 1. The van der Waals surface area contributed by atoms with Crippen LogP contribution >= 0.6 is 23.2 Å². The fourth-order valence-corrected chi connectivity index (χ4v) is 8.93. The van der Waals surface area contributed by atoms with Crippen molar-refractivity contribution in [2.45, 2.75) is 0 Å². The Balaban J connectivity index is 1.44. The summed E-state index contributed by atoms with van der Waals surface area (Å²) in [6, 6.07) is 10.3. The van der Waals surface area contributed by atoms with Gasteiger partial charge in [-0.2, -0.15) is 5.26 Å². The molecule has 0 unspecified atom stereocenters. The van der Waals surface area contributed by atoms with E-state index in [9.17, 15) is 28.0 Å². The molecule has 25 heteroatoms. The molecule has 0 amide bonds. The number of aromatic amines is 2. The van der Waals surface area contributed by atoms with Crippen LogP contribution in [0.2, 0.25) is 0 Å². The lowest BCUT2D eigenvalue weighted by molar-refractivity contribution is -0.115. The molecular formula is C51H15Cl2F15N6O2. The summed E-state index contributed by atoms with van der Waals surface area (Å²) in [5, 5.41) is 11.0. The SMILES string of the molecule is N#CC1=C(Nc2ccccc2-c2c3nc(c(-c4c(F)c(F)c(F)c(F)c4F)c4ccc([nH]4)c(-c4c(F)c(F)c(F)c(F)c4F)c4nc(c(-c5c(F)c(F)c(F)c(F)c5F)c5ccc2[nH]5)C=C4)C=C3)C(=O)C(Cl)=C(Cl)C1=O. The van der Waals surface area contributed by atoms with E-state index >= 15 is 52.7 Å². The van der Waals surface area contributed by atoms with Gasteiger partial charge in [0.25, 0.3) is 0 Å². The van der Waals surface area contributed by atoms with Crippen molar-refractivity contribution in [1.29, 1.82) is 5.26 Å². The highest BCUT2D eigenvalue weighted by Crippen LogP contribution is 2.45. The van der Waals surface area contributed by atoms with Gasteiger partial charge in [0.2, 0.25) is 29.0 Å². The maximum absolute atomic E-state index is 16.1. The summed E-state index contributed by atoms with van der Waals surface area (Å²) < 4.78 is 231. The van der Waals surface area contributed by atoms with Crippen LogP contribution in [0.15, 0.2) is 69.9 Å². The van der Waals surface area contributed by atoms with Gasteiger partial charge in [-0.3, -0.25) is 9.59 Å². The highest BCUT2D eigenvalue weighted by molar-refractivity contribution is 6.59. The first-order valence-electron chi connectivity index (χ1n) is 21.0. The molecule has 380 valence electrons. The summed E-state index contributed by atoms with van der Waals surface area (Å²) >= 11 is 12.0. The molecule has 4 aromatic carbocycles. The molecule has 3 N–H and O–H groups in total. The predicted molar refractivity (Wildman–Crippen MR) is 245 cm³/mol. The van der Waals surface area contributed by atoms with Crippen LogP contribution in [0.4, 0.5) is 71.5 Å². The van der Waals surface area contributed by atoms with E-state index in [1.165, 1.54) is 24.3 Å². The maximum Gasteiger partial charge on any atom is 0.223 e. The molecule has 3 aromatic heterocycles. The molecule has 0 spiro atoms. The van der Waals surface area contributed by atoms with Gasteiger partial charge in [-0.25, -0.2) is 75.8 Å². The smallest absolute Gasteiger partial charge is 0.223 e. The average molecular weight is 1100 g/mol. The van der Waals surface area contributed by atoms with E-state index in [0.717, 1.165) is 48.6 Å². The number of para-hydroxylation sites is 1. The summed E-state index contributed by atoms with van der Waals surface area (Å²) in [6.07, 6.45) is 3.47. The third-order valence-electron chi connectivity index (χ3n) is 12.0. The first kappa shape index (κ1) is 50.6. The molecule has 7 aromatic rings. The largest absolute Gasteiger partial charge is 0.354 e.